The van der Waals surface area contributed by atoms with Crippen LogP contribution in [0.2, 0.25) is 0 Å². The number of nitrogens with zero attached hydrogens (tertiary/aromatic N) is 3. The molecule has 0 spiro atoms. The minimum atomic E-state index is -1.03. The SMILES string of the molecule is CC[C-]1c2ccccc2-c2c(C)ncc[n+]2[C-]1CC.O=C([O-])C1CCC[N-]1.[Sr+2]. The second kappa shape index (κ2) is 10.6. The molecular weight excluding hydrogens is 426 g/mol. The van der Waals surface area contributed by atoms with Crippen molar-refractivity contribution in [2.24, 2.45) is 0 Å². The maximum atomic E-state index is 10.00. The molecule has 4 rings (SSSR count). The molecule has 1 aromatic carbocycles. The third-order valence-corrected chi connectivity index (χ3v) is 5.16. The predicted molar refractivity (Wildman–Crippen MR) is 108 cm³/mol. The Kier molecular flexibility index (Phi) is 8.83. The van der Waals surface area contributed by atoms with Crippen LogP contribution in [-0.4, -0.2) is 69.0 Å². The standard InChI is InChI=1S/C17H19N2.C5H8NO2.Sr/c1-4-13-14-8-6-7-9-15(14)17-12(3)18-10-11-19(17)16(13)5-2;7-5(8)4-2-1-3-6-4;/h6-11H,4-5H2,1-3H3;4H,1-3H2,(H,7,8);/q2*-1;+2/p-1. The Balaban J connectivity index is 0.000000264. The van der Waals surface area contributed by atoms with E-state index in [4.69, 9.17) is 0 Å². The van der Waals surface area contributed by atoms with Crippen molar-refractivity contribution in [3.63, 3.8) is 0 Å². The van der Waals surface area contributed by atoms with Gasteiger partial charge in [0, 0.05) is 23.9 Å². The molecule has 1 aromatic heterocycles. The van der Waals surface area contributed by atoms with E-state index in [9.17, 15) is 9.90 Å². The van der Waals surface area contributed by atoms with Gasteiger partial charge in [-0.25, -0.2) is 0 Å². The van der Waals surface area contributed by atoms with Gasteiger partial charge in [0.15, 0.2) is 0 Å². The predicted octanol–water partition coefficient (Wildman–Crippen LogP) is 2.37. The quantitative estimate of drug-likeness (QED) is 0.408. The largest absolute Gasteiger partial charge is 2.00 e. The molecule has 0 bridgehead atoms. The number of aromatic nitrogens is 2. The molecule has 1 fully saturated rings. The van der Waals surface area contributed by atoms with Crippen molar-refractivity contribution in [3.05, 3.63) is 65.2 Å². The van der Waals surface area contributed by atoms with E-state index in [1.54, 1.807) is 0 Å². The molecule has 0 N–H and O–H groups in total. The topological polar surface area (TPSA) is 71.0 Å². The van der Waals surface area contributed by atoms with Crippen molar-refractivity contribution < 1.29 is 14.5 Å². The van der Waals surface area contributed by atoms with E-state index in [1.165, 1.54) is 28.8 Å². The zero-order valence-corrected chi connectivity index (χ0v) is 20.4. The van der Waals surface area contributed by atoms with Crippen LogP contribution in [0.15, 0.2) is 36.7 Å². The summed E-state index contributed by atoms with van der Waals surface area (Å²) in [4.78, 5) is 14.5. The molecule has 6 heteroatoms. The van der Waals surface area contributed by atoms with Gasteiger partial charge in [0.05, 0.1) is 11.9 Å². The second-order valence-corrected chi connectivity index (χ2v) is 6.79. The number of carbonyl (C=O) groups is 1. The number of rotatable bonds is 3. The summed E-state index contributed by atoms with van der Waals surface area (Å²) in [7, 11) is 0. The van der Waals surface area contributed by atoms with Crippen molar-refractivity contribution in [3.8, 4) is 11.3 Å². The Hall–Kier alpha value is -1.05. The minimum absolute atomic E-state index is 0. The summed E-state index contributed by atoms with van der Waals surface area (Å²) in [6.45, 7) is 7.25. The molecule has 2 aliphatic rings. The first-order valence-corrected chi connectivity index (χ1v) is 9.65. The van der Waals surface area contributed by atoms with E-state index < -0.39 is 12.0 Å². The summed E-state index contributed by atoms with van der Waals surface area (Å²) in [5, 5.41) is 13.8. The normalized spacial score (nSPS) is 17.0. The van der Waals surface area contributed by atoms with Crippen molar-refractivity contribution in [2.45, 2.75) is 52.5 Å². The number of fused-ring (bicyclic) bond motifs is 3. The molecule has 144 valence electrons. The Labute approximate surface area is 204 Å². The van der Waals surface area contributed by atoms with Crippen LogP contribution in [0, 0.1) is 18.9 Å². The van der Waals surface area contributed by atoms with Crippen LogP contribution >= 0.6 is 0 Å². The molecule has 0 amide bonds. The van der Waals surface area contributed by atoms with E-state index in [1.807, 2.05) is 6.20 Å². The smallest absolute Gasteiger partial charge is 0.655 e. The Morgan fingerprint density at radius 1 is 1.32 bits per heavy atom. The van der Waals surface area contributed by atoms with E-state index in [0.717, 1.165) is 25.0 Å². The van der Waals surface area contributed by atoms with Crippen LogP contribution in [0.5, 0.6) is 0 Å². The fourth-order valence-corrected chi connectivity index (χ4v) is 3.92. The third kappa shape index (κ3) is 4.74. The molecule has 1 saturated heterocycles. The first-order chi connectivity index (χ1) is 13.1. The van der Waals surface area contributed by atoms with Crippen LogP contribution < -0.4 is 9.67 Å². The monoisotopic (exact) mass is 452 g/mol. The van der Waals surface area contributed by atoms with E-state index in [-0.39, 0.29) is 45.5 Å². The molecule has 5 nitrogen and oxygen atoms in total. The van der Waals surface area contributed by atoms with Gasteiger partial charge in [-0.05, 0) is 13.3 Å². The van der Waals surface area contributed by atoms with E-state index in [0.29, 0.717) is 13.0 Å². The molecule has 1 atom stereocenters. The molecule has 0 aliphatic carbocycles. The number of carbonyl (C=O) groups excluding carboxylic acids is 1. The fraction of sp³-hybridized carbons (Fsp3) is 0.409. The average Bonchev–Trinajstić information content (AvgIpc) is 3.22. The number of hydrogen-bond acceptors (Lipinski definition) is 3. The number of carboxylic acid groups (broad SMARTS) is 1. The summed E-state index contributed by atoms with van der Waals surface area (Å²) >= 11 is 0. The van der Waals surface area contributed by atoms with Gasteiger partial charge in [-0.1, -0.05) is 45.2 Å². The van der Waals surface area contributed by atoms with Crippen molar-refractivity contribution in [1.82, 2.24) is 4.98 Å². The molecule has 2 aliphatic heterocycles. The molecule has 1 unspecified atom stereocenters. The van der Waals surface area contributed by atoms with Gasteiger partial charge >= 0.3 is 45.5 Å². The molecule has 3 heterocycles. The van der Waals surface area contributed by atoms with Gasteiger partial charge in [-0.2, -0.15) is 11.6 Å². The summed E-state index contributed by atoms with van der Waals surface area (Å²) in [6, 6.07) is 9.58. The first-order valence-electron chi connectivity index (χ1n) is 9.65. The van der Waals surface area contributed by atoms with Gasteiger partial charge in [0.2, 0.25) is 0 Å². The maximum absolute atomic E-state index is 10.00. The Morgan fingerprint density at radius 2 is 2.07 bits per heavy atom. The third-order valence-electron chi connectivity index (χ3n) is 5.16. The molecular formula is C22H26N3O2Sr-. The zero-order chi connectivity index (χ0) is 19.4. The minimum Gasteiger partial charge on any atom is -0.655 e. The van der Waals surface area contributed by atoms with Crippen molar-refractivity contribution >= 4 is 51.5 Å². The molecule has 2 aromatic rings. The van der Waals surface area contributed by atoms with E-state index in [2.05, 4.69) is 66.1 Å². The Bertz CT molecular complexity index is 806. The van der Waals surface area contributed by atoms with Crippen LogP contribution in [0.25, 0.3) is 16.6 Å². The summed E-state index contributed by atoms with van der Waals surface area (Å²) < 4.78 is 2.32. The average molecular weight is 452 g/mol. The number of aliphatic carboxylic acids is 1. The van der Waals surface area contributed by atoms with Crippen LogP contribution in [0.1, 0.15) is 50.8 Å². The fourth-order valence-electron chi connectivity index (χ4n) is 3.92. The molecule has 28 heavy (non-hydrogen) atoms. The number of aryl methyl sites for hydroxylation is 1. The zero-order valence-electron chi connectivity index (χ0n) is 16.9. The summed E-state index contributed by atoms with van der Waals surface area (Å²) in [6.07, 6.45) is 7.66. The summed E-state index contributed by atoms with van der Waals surface area (Å²) in [5.41, 5.74) is 5.02. The van der Waals surface area contributed by atoms with Gasteiger partial charge in [0.25, 0.3) is 0 Å². The van der Waals surface area contributed by atoms with Crippen LogP contribution in [-0.2, 0) is 4.79 Å². The van der Waals surface area contributed by atoms with E-state index >= 15 is 0 Å². The Morgan fingerprint density at radius 3 is 2.64 bits per heavy atom. The second-order valence-electron chi connectivity index (χ2n) is 6.79. The van der Waals surface area contributed by atoms with Crippen LogP contribution in [0.3, 0.4) is 0 Å². The number of carboxylic acids is 1. The number of hydrogen-bond donors (Lipinski definition) is 0. The van der Waals surface area contributed by atoms with Crippen LogP contribution in [0.4, 0.5) is 0 Å². The van der Waals surface area contributed by atoms with Crippen molar-refractivity contribution in [2.75, 3.05) is 6.54 Å². The first kappa shape index (κ1) is 23.2. The molecule has 0 saturated carbocycles. The van der Waals surface area contributed by atoms with Crippen molar-refractivity contribution in [1.29, 1.82) is 0 Å². The maximum Gasteiger partial charge on any atom is 2.00 e. The van der Waals surface area contributed by atoms with Gasteiger partial charge in [-0.3, -0.25) is 4.98 Å². The van der Waals surface area contributed by atoms with Gasteiger partial charge in [0.1, 0.15) is 0 Å². The van der Waals surface area contributed by atoms with Gasteiger partial charge < -0.3 is 19.8 Å². The van der Waals surface area contributed by atoms with Gasteiger partial charge in [-0.15, -0.1) is 30.2 Å². The molecule has 0 radical (unpaired) electrons. The number of benzene rings is 1. The summed E-state index contributed by atoms with van der Waals surface area (Å²) in [5.74, 6) is 0.434.